The van der Waals surface area contributed by atoms with Gasteiger partial charge in [-0.25, -0.2) is 8.78 Å². The molecule has 0 spiro atoms. The van der Waals surface area contributed by atoms with Gasteiger partial charge >= 0.3 is 0 Å². The molecule has 0 fully saturated rings. The van der Waals surface area contributed by atoms with Gasteiger partial charge in [0, 0.05) is 12.0 Å². The van der Waals surface area contributed by atoms with Crippen LogP contribution in [0.1, 0.15) is 24.0 Å². The first-order valence-corrected chi connectivity index (χ1v) is 6.32. The Morgan fingerprint density at radius 2 is 1.63 bits per heavy atom. The van der Waals surface area contributed by atoms with E-state index in [1.807, 2.05) is 19.1 Å². The number of rotatable bonds is 4. The third kappa shape index (κ3) is 3.61. The Hall–Kier alpha value is -1.74. The topological polar surface area (TPSA) is 26.0 Å². The van der Waals surface area contributed by atoms with Crippen molar-refractivity contribution in [3.05, 3.63) is 71.3 Å². The van der Waals surface area contributed by atoms with Crippen LogP contribution in [-0.4, -0.2) is 6.04 Å². The SMILES string of the molecule is CC(N)C(Cc1cccc(F)c1)c1cccc(F)c1. The van der Waals surface area contributed by atoms with Crippen molar-refractivity contribution in [1.82, 2.24) is 0 Å². The van der Waals surface area contributed by atoms with E-state index in [0.29, 0.717) is 6.42 Å². The summed E-state index contributed by atoms with van der Waals surface area (Å²) < 4.78 is 26.5. The van der Waals surface area contributed by atoms with E-state index in [-0.39, 0.29) is 23.6 Å². The summed E-state index contributed by atoms with van der Waals surface area (Å²) in [5, 5.41) is 0. The molecule has 19 heavy (non-hydrogen) atoms. The second-order valence-corrected chi connectivity index (χ2v) is 4.85. The minimum Gasteiger partial charge on any atom is -0.327 e. The molecule has 2 aromatic rings. The molecule has 2 N–H and O–H groups in total. The summed E-state index contributed by atoms with van der Waals surface area (Å²) in [7, 11) is 0. The maximum atomic E-state index is 13.3. The lowest BCUT2D eigenvalue weighted by molar-refractivity contribution is 0.553. The van der Waals surface area contributed by atoms with Crippen molar-refractivity contribution in [2.24, 2.45) is 5.73 Å². The fraction of sp³-hybridized carbons (Fsp3) is 0.250. The molecule has 3 heteroatoms. The molecule has 0 amide bonds. The van der Waals surface area contributed by atoms with Crippen molar-refractivity contribution in [1.29, 1.82) is 0 Å². The Balaban J connectivity index is 2.26. The molecule has 0 bridgehead atoms. The van der Waals surface area contributed by atoms with E-state index in [2.05, 4.69) is 0 Å². The van der Waals surface area contributed by atoms with Crippen LogP contribution in [0.25, 0.3) is 0 Å². The van der Waals surface area contributed by atoms with Gasteiger partial charge in [-0.2, -0.15) is 0 Å². The van der Waals surface area contributed by atoms with Gasteiger partial charge in [0.15, 0.2) is 0 Å². The summed E-state index contributed by atoms with van der Waals surface area (Å²) in [5.41, 5.74) is 7.70. The molecular formula is C16H17F2N. The lowest BCUT2D eigenvalue weighted by Crippen LogP contribution is -2.26. The lowest BCUT2D eigenvalue weighted by Gasteiger charge is -2.21. The van der Waals surface area contributed by atoms with Crippen LogP contribution in [0.2, 0.25) is 0 Å². The Kier molecular flexibility index (Phi) is 4.27. The molecule has 0 radical (unpaired) electrons. The molecule has 0 saturated carbocycles. The molecule has 2 aromatic carbocycles. The van der Waals surface area contributed by atoms with Gasteiger partial charge in [-0.1, -0.05) is 24.3 Å². The van der Waals surface area contributed by atoms with Crippen molar-refractivity contribution in [2.45, 2.75) is 25.3 Å². The second-order valence-electron chi connectivity index (χ2n) is 4.85. The molecule has 0 aromatic heterocycles. The molecule has 2 rings (SSSR count). The number of hydrogen-bond acceptors (Lipinski definition) is 1. The fourth-order valence-corrected chi connectivity index (χ4v) is 2.26. The van der Waals surface area contributed by atoms with Crippen molar-refractivity contribution in [3.63, 3.8) is 0 Å². The summed E-state index contributed by atoms with van der Waals surface area (Å²) in [6, 6.07) is 12.7. The maximum Gasteiger partial charge on any atom is 0.123 e. The van der Waals surface area contributed by atoms with E-state index in [1.165, 1.54) is 24.3 Å². The average molecular weight is 261 g/mol. The van der Waals surface area contributed by atoms with E-state index >= 15 is 0 Å². The van der Waals surface area contributed by atoms with E-state index in [1.54, 1.807) is 12.1 Å². The fourth-order valence-electron chi connectivity index (χ4n) is 2.26. The zero-order valence-corrected chi connectivity index (χ0v) is 10.8. The van der Waals surface area contributed by atoms with Crippen molar-refractivity contribution in [2.75, 3.05) is 0 Å². The van der Waals surface area contributed by atoms with E-state index < -0.39 is 0 Å². The third-order valence-corrected chi connectivity index (χ3v) is 3.26. The van der Waals surface area contributed by atoms with Crippen LogP contribution < -0.4 is 5.73 Å². The number of benzene rings is 2. The quantitative estimate of drug-likeness (QED) is 0.893. The van der Waals surface area contributed by atoms with Crippen LogP contribution in [0.4, 0.5) is 8.78 Å². The molecule has 2 atom stereocenters. The molecule has 0 aliphatic carbocycles. The van der Waals surface area contributed by atoms with Gasteiger partial charge < -0.3 is 5.73 Å². The third-order valence-electron chi connectivity index (χ3n) is 3.26. The first-order valence-electron chi connectivity index (χ1n) is 6.32. The van der Waals surface area contributed by atoms with Gasteiger partial charge in [0.25, 0.3) is 0 Å². The van der Waals surface area contributed by atoms with Gasteiger partial charge in [0.05, 0.1) is 0 Å². The standard InChI is InChI=1S/C16H17F2N/c1-11(19)16(13-5-3-7-15(18)10-13)9-12-4-2-6-14(17)8-12/h2-8,10-11,16H,9,19H2,1H3. The molecule has 0 heterocycles. The zero-order chi connectivity index (χ0) is 13.8. The number of hydrogen-bond donors (Lipinski definition) is 1. The minimum atomic E-state index is -0.276. The Morgan fingerprint density at radius 1 is 1.00 bits per heavy atom. The predicted octanol–water partition coefficient (Wildman–Crippen LogP) is 3.64. The number of halogens is 2. The minimum absolute atomic E-state index is 0.0301. The molecule has 1 nitrogen and oxygen atoms in total. The zero-order valence-electron chi connectivity index (χ0n) is 10.8. The van der Waals surface area contributed by atoms with Crippen LogP contribution in [0.15, 0.2) is 48.5 Å². The highest BCUT2D eigenvalue weighted by Crippen LogP contribution is 2.24. The van der Waals surface area contributed by atoms with Crippen LogP contribution >= 0.6 is 0 Å². The van der Waals surface area contributed by atoms with Crippen LogP contribution in [0.3, 0.4) is 0 Å². The van der Waals surface area contributed by atoms with E-state index in [4.69, 9.17) is 5.73 Å². The van der Waals surface area contributed by atoms with E-state index in [9.17, 15) is 8.78 Å². The second kappa shape index (κ2) is 5.93. The first-order chi connectivity index (χ1) is 9.06. The summed E-state index contributed by atoms with van der Waals surface area (Å²) >= 11 is 0. The van der Waals surface area contributed by atoms with Gasteiger partial charge in [0.2, 0.25) is 0 Å². The maximum absolute atomic E-state index is 13.3. The normalized spacial score (nSPS) is 14.1. The van der Waals surface area contributed by atoms with E-state index in [0.717, 1.165) is 11.1 Å². The Labute approximate surface area is 112 Å². The summed E-state index contributed by atoms with van der Waals surface area (Å²) in [6.07, 6.45) is 0.596. The van der Waals surface area contributed by atoms with Crippen molar-refractivity contribution < 1.29 is 8.78 Å². The van der Waals surface area contributed by atoms with Crippen LogP contribution in [0.5, 0.6) is 0 Å². The largest absolute Gasteiger partial charge is 0.327 e. The molecule has 100 valence electrons. The smallest absolute Gasteiger partial charge is 0.123 e. The molecule has 2 unspecified atom stereocenters. The summed E-state index contributed by atoms with van der Waals surface area (Å²) in [5.74, 6) is -0.569. The molecule has 0 aliphatic heterocycles. The molecule has 0 aliphatic rings. The Morgan fingerprint density at radius 3 is 2.21 bits per heavy atom. The first kappa shape index (κ1) is 13.7. The highest BCUT2D eigenvalue weighted by molar-refractivity contribution is 5.26. The summed E-state index contributed by atoms with van der Waals surface area (Å²) in [4.78, 5) is 0. The average Bonchev–Trinajstić information content (AvgIpc) is 2.35. The van der Waals surface area contributed by atoms with Gasteiger partial charge in [-0.05, 0) is 48.7 Å². The van der Waals surface area contributed by atoms with Crippen molar-refractivity contribution in [3.8, 4) is 0 Å². The predicted molar refractivity (Wildman–Crippen MR) is 72.9 cm³/mol. The highest BCUT2D eigenvalue weighted by Gasteiger charge is 2.17. The summed E-state index contributed by atoms with van der Waals surface area (Å²) in [6.45, 7) is 1.88. The van der Waals surface area contributed by atoms with Crippen LogP contribution in [0, 0.1) is 11.6 Å². The highest BCUT2D eigenvalue weighted by atomic mass is 19.1. The van der Waals surface area contributed by atoms with Gasteiger partial charge in [0.1, 0.15) is 11.6 Å². The van der Waals surface area contributed by atoms with Gasteiger partial charge in [-0.3, -0.25) is 0 Å². The number of nitrogens with two attached hydrogens (primary N) is 1. The molecular weight excluding hydrogens is 244 g/mol. The van der Waals surface area contributed by atoms with Crippen molar-refractivity contribution >= 4 is 0 Å². The molecule has 0 saturated heterocycles. The lowest BCUT2D eigenvalue weighted by atomic mass is 9.87. The Bertz CT molecular complexity index is 552. The van der Waals surface area contributed by atoms with Gasteiger partial charge in [-0.15, -0.1) is 0 Å². The monoisotopic (exact) mass is 261 g/mol. The van der Waals surface area contributed by atoms with Crippen LogP contribution in [-0.2, 0) is 6.42 Å².